The predicted octanol–water partition coefficient (Wildman–Crippen LogP) is 2.58. The number of hydrogen-bond acceptors (Lipinski definition) is 5. The molecule has 2 aromatic rings. The van der Waals surface area contributed by atoms with E-state index in [0.29, 0.717) is 17.5 Å². The van der Waals surface area contributed by atoms with Gasteiger partial charge in [-0.25, -0.2) is 8.42 Å². The van der Waals surface area contributed by atoms with E-state index in [1.54, 1.807) is 7.11 Å². The minimum absolute atomic E-state index is 0.0661. The SMILES string of the molecule is COc1ccccc1CC(=O)N=C1S[C@@H]2CS(=O)(=O)C[C@@H]2N1CCc1ccccc1. The van der Waals surface area contributed by atoms with E-state index >= 15 is 0 Å². The molecule has 2 aliphatic heterocycles. The summed E-state index contributed by atoms with van der Waals surface area (Å²) in [5.41, 5.74) is 1.96. The van der Waals surface area contributed by atoms with E-state index in [1.807, 2.05) is 47.4 Å². The molecule has 6 nitrogen and oxygen atoms in total. The number of hydrogen-bond donors (Lipinski definition) is 0. The van der Waals surface area contributed by atoms with E-state index in [-0.39, 0.29) is 35.1 Å². The minimum Gasteiger partial charge on any atom is -0.496 e. The fourth-order valence-corrected chi connectivity index (χ4v) is 7.94. The van der Waals surface area contributed by atoms with Gasteiger partial charge in [0.05, 0.1) is 31.1 Å². The fraction of sp³-hybridized carbons (Fsp3) is 0.364. The van der Waals surface area contributed by atoms with Crippen LogP contribution >= 0.6 is 11.8 Å². The van der Waals surface area contributed by atoms with Gasteiger partial charge in [0.1, 0.15) is 5.75 Å². The molecule has 0 spiro atoms. The van der Waals surface area contributed by atoms with Gasteiger partial charge in [-0.1, -0.05) is 60.3 Å². The monoisotopic (exact) mass is 444 g/mol. The summed E-state index contributed by atoms with van der Waals surface area (Å²) in [5.74, 6) is 0.673. The highest BCUT2D eigenvalue weighted by molar-refractivity contribution is 8.15. The fourth-order valence-electron chi connectivity index (χ4n) is 3.95. The second-order valence-corrected chi connectivity index (χ2v) is 10.9. The molecule has 0 aliphatic carbocycles. The molecule has 158 valence electrons. The normalized spacial score (nSPS) is 23.5. The number of sulfone groups is 1. The highest BCUT2D eigenvalue weighted by Crippen LogP contribution is 2.38. The van der Waals surface area contributed by atoms with Crippen LogP contribution in [0.1, 0.15) is 11.1 Å². The first-order chi connectivity index (χ1) is 14.4. The highest BCUT2D eigenvalue weighted by atomic mass is 32.2. The number of carbonyl (C=O) groups is 1. The lowest BCUT2D eigenvalue weighted by Crippen LogP contribution is -2.39. The van der Waals surface area contributed by atoms with Crippen molar-refractivity contribution < 1.29 is 17.9 Å². The van der Waals surface area contributed by atoms with Gasteiger partial charge in [0.2, 0.25) is 0 Å². The maximum atomic E-state index is 12.7. The van der Waals surface area contributed by atoms with Crippen LogP contribution in [0.25, 0.3) is 0 Å². The van der Waals surface area contributed by atoms with Gasteiger partial charge >= 0.3 is 0 Å². The highest BCUT2D eigenvalue weighted by Gasteiger charge is 2.48. The van der Waals surface area contributed by atoms with E-state index in [9.17, 15) is 13.2 Å². The Bertz CT molecular complexity index is 1050. The van der Waals surface area contributed by atoms with Gasteiger partial charge < -0.3 is 9.64 Å². The molecule has 2 aliphatic rings. The summed E-state index contributed by atoms with van der Waals surface area (Å²) in [5, 5.41) is 0.569. The molecule has 0 saturated carbocycles. The van der Waals surface area contributed by atoms with Gasteiger partial charge in [0, 0.05) is 17.4 Å². The Kier molecular flexibility index (Phi) is 6.15. The minimum atomic E-state index is -3.05. The Morgan fingerprint density at radius 2 is 1.87 bits per heavy atom. The van der Waals surface area contributed by atoms with Crippen molar-refractivity contribution in [3.8, 4) is 5.75 Å². The Hall–Kier alpha value is -2.32. The molecular weight excluding hydrogens is 420 g/mol. The lowest BCUT2D eigenvalue weighted by Gasteiger charge is -2.24. The molecule has 2 atom stereocenters. The second-order valence-electron chi connectivity index (χ2n) is 7.51. The third kappa shape index (κ3) is 4.70. The topological polar surface area (TPSA) is 76.0 Å². The number of benzene rings is 2. The van der Waals surface area contributed by atoms with Crippen LogP contribution < -0.4 is 4.74 Å². The molecule has 1 amide bonds. The molecule has 0 aromatic heterocycles. The Morgan fingerprint density at radius 3 is 2.63 bits per heavy atom. The van der Waals surface area contributed by atoms with Crippen LogP contribution in [-0.4, -0.2) is 60.8 Å². The number of amides is 1. The third-order valence-corrected chi connectivity index (χ3v) is 8.66. The molecule has 8 heteroatoms. The molecule has 2 saturated heterocycles. The van der Waals surface area contributed by atoms with Crippen molar-refractivity contribution in [1.82, 2.24) is 4.90 Å². The molecule has 2 heterocycles. The van der Waals surface area contributed by atoms with Crippen molar-refractivity contribution in [2.24, 2.45) is 4.99 Å². The zero-order chi connectivity index (χ0) is 21.1. The number of ether oxygens (including phenoxy) is 1. The Morgan fingerprint density at radius 1 is 1.13 bits per heavy atom. The van der Waals surface area contributed by atoms with Crippen LogP contribution in [0.15, 0.2) is 59.6 Å². The summed E-state index contributed by atoms with van der Waals surface area (Å²) < 4.78 is 29.6. The maximum absolute atomic E-state index is 12.7. The number of amidine groups is 1. The summed E-state index contributed by atoms with van der Waals surface area (Å²) in [4.78, 5) is 19.1. The van der Waals surface area contributed by atoms with Crippen LogP contribution in [-0.2, 0) is 27.5 Å². The van der Waals surface area contributed by atoms with Crippen molar-refractivity contribution in [1.29, 1.82) is 0 Å². The van der Waals surface area contributed by atoms with Gasteiger partial charge in [-0.05, 0) is 18.1 Å². The number of carbonyl (C=O) groups excluding carboxylic acids is 1. The van der Waals surface area contributed by atoms with E-state index in [4.69, 9.17) is 4.74 Å². The largest absolute Gasteiger partial charge is 0.496 e. The average Bonchev–Trinajstić information content (AvgIpc) is 3.18. The lowest BCUT2D eigenvalue weighted by molar-refractivity contribution is -0.117. The molecule has 0 radical (unpaired) electrons. The molecule has 0 unspecified atom stereocenters. The summed E-state index contributed by atoms with van der Waals surface area (Å²) in [6.45, 7) is 0.633. The van der Waals surface area contributed by atoms with Gasteiger partial charge in [-0.3, -0.25) is 4.79 Å². The number of para-hydroxylation sites is 1. The van der Waals surface area contributed by atoms with Gasteiger partial charge in [-0.2, -0.15) is 4.99 Å². The van der Waals surface area contributed by atoms with Gasteiger partial charge in [-0.15, -0.1) is 0 Å². The molecule has 2 aromatic carbocycles. The predicted molar refractivity (Wildman–Crippen MR) is 120 cm³/mol. The summed E-state index contributed by atoms with van der Waals surface area (Å²) in [7, 11) is -1.47. The van der Waals surface area contributed by atoms with Crippen molar-refractivity contribution in [3.05, 3.63) is 65.7 Å². The number of nitrogens with zero attached hydrogens (tertiary/aromatic N) is 2. The van der Waals surface area contributed by atoms with E-state index in [1.165, 1.54) is 17.3 Å². The molecule has 4 rings (SSSR count). The first-order valence-corrected chi connectivity index (χ1v) is 12.6. The quantitative estimate of drug-likeness (QED) is 0.682. The van der Waals surface area contributed by atoms with Crippen LogP contribution in [0.5, 0.6) is 5.75 Å². The van der Waals surface area contributed by atoms with Crippen molar-refractivity contribution in [2.75, 3.05) is 25.2 Å². The average molecular weight is 445 g/mol. The number of fused-ring (bicyclic) bond motifs is 1. The van der Waals surface area contributed by atoms with Crippen molar-refractivity contribution >= 4 is 32.7 Å². The van der Waals surface area contributed by atoms with Crippen LogP contribution in [0.4, 0.5) is 0 Å². The standard InChI is InChI=1S/C22H24N2O4S2/c1-28-19-10-6-5-9-17(19)13-21(25)23-22-24(12-11-16-7-3-2-4-8-16)18-14-30(26,27)15-20(18)29-22/h2-10,18,20H,11-15H2,1H3/t18-,20+/m0/s1. The second kappa shape index (κ2) is 8.81. The van der Waals surface area contributed by atoms with E-state index in [2.05, 4.69) is 17.1 Å². The van der Waals surface area contributed by atoms with Crippen LogP contribution in [0.3, 0.4) is 0 Å². The first-order valence-electron chi connectivity index (χ1n) is 9.86. The number of methoxy groups -OCH3 is 1. The van der Waals surface area contributed by atoms with Crippen LogP contribution in [0.2, 0.25) is 0 Å². The van der Waals surface area contributed by atoms with Crippen molar-refractivity contribution in [2.45, 2.75) is 24.1 Å². The summed E-state index contributed by atoms with van der Waals surface area (Å²) in [6.07, 6.45) is 0.915. The van der Waals surface area contributed by atoms with Gasteiger partial charge in [0.15, 0.2) is 15.0 Å². The molecule has 0 bridgehead atoms. The molecular formula is C22H24N2O4S2. The van der Waals surface area contributed by atoms with E-state index in [0.717, 1.165) is 12.0 Å². The summed E-state index contributed by atoms with van der Waals surface area (Å²) in [6, 6.07) is 17.3. The Labute approximate surface area is 181 Å². The first kappa shape index (κ1) is 20.9. The molecule has 0 N–H and O–H groups in total. The van der Waals surface area contributed by atoms with Crippen molar-refractivity contribution in [3.63, 3.8) is 0 Å². The van der Waals surface area contributed by atoms with Crippen LogP contribution in [0, 0.1) is 0 Å². The number of aliphatic imine (C=N–C) groups is 1. The molecule has 2 fully saturated rings. The lowest BCUT2D eigenvalue weighted by atomic mass is 10.1. The zero-order valence-electron chi connectivity index (χ0n) is 16.7. The number of rotatable bonds is 6. The number of thioether (sulfide) groups is 1. The smallest absolute Gasteiger partial charge is 0.252 e. The zero-order valence-corrected chi connectivity index (χ0v) is 18.4. The summed E-state index contributed by atoms with van der Waals surface area (Å²) >= 11 is 1.42. The maximum Gasteiger partial charge on any atom is 0.252 e. The van der Waals surface area contributed by atoms with E-state index < -0.39 is 9.84 Å². The Balaban J connectivity index is 1.53. The third-order valence-electron chi connectivity index (χ3n) is 5.41. The molecule has 30 heavy (non-hydrogen) atoms. The van der Waals surface area contributed by atoms with Gasteiger partial charge in [0.25, 0.3) is 5.91 Å².